The Bertz CT molecular complexity index is 332. The fourth-order valence-electron chi connectivity index (χ4n) is 1.03. The Morgan fingerprint density at radius 1 is 1.50 bits per heavy atom. The fourth-order valence-corrected chi connectivity index (χ4v) is 1.86. The van der Waals surface area contributed by atoms with Gasteiger partial charge in [0.2, 0.25) is 4.96 Å². The molecule has 0 fully saturated rings. The number of aromatic nitrogens is 3. The van der Waals surface area contributed by atoms with Crippen molar-refractivity contribution in [2.75, 3.05) is 0 Å². The van der Waals surface area contributed by atoms with Crippen molar-refractivity contribution in [2.45, 2.75) is 19.9 Å². The molecule has 80 valence electrons. The Morgan fingerprint density at radius 2 is 2.21 bits per heavy atom. The molecule has 0 amide bonds. The third kappa shape index (κ3) is 2.36. The fraction of sp³-hybridized carbons (Fsp3) is 0.429. The van der Waals surface area contributed by atoms with Crippen LogP contribution < -0.4 is 5.73 Å². The molecule has 0 radical (unpaired) electrons. The smallest absolute Gasteiger partial charge is 0.212 e. The maximum atomic E-state index is 5.44. The van der Waals surface area contributed by atoms with Crippen LogP contribution in [-0.4, -0.2) is 14.6 Å². The quantitative estimate of drug-likeness (QED) is 0.887. The number of hydrogen-bond donors (Lipinski definition) is 1. The van der Waals surface area contributed by atoms with Gasteiger partial charge in [0.15, 0.2) is 0 Å². The van der Waals surface area contributed by atoms with E-state index in [-0.39, 0.29) is 24.8 Å². The lowest BCUT2D eigenvalue weighted by molar-refractivity contribution is 0.903. The summed E-state index contributed by atoms with van der Waals surface area (Å²) in [6.45, 7) is 2.57. The van der Waals surface area contributed by atoms with Gasteiger partial charge in [0.05, 0.1) is 11.9 Å². The molecule has 0 bridgehead atoms. The minimum atomic E-state index is 0. The zero-order valence-corrected chi connectivity index (χ0v) is 10.1. The minimum absolute atomic E-state index is 0. The lowest BCUT2D eigenvalue weighted by Gasteiger charge is -1.83. The number of nitrogens with two attached hydrogens (primary N) is 1. The monoisotopic (exact) mass is 254 g/mol. The Labute approximate surface area is 98.3 Å². The zero-order chi connectivity index (χ0) is 8.55. The van der Waals surface area contributed by atoms with Crippen LogP contribution in [0.3, 0.4) is 0 Å². The topological polar surface area (TPSA) is 56.2 Å². The van der Waals surface area contributed by atoms with E-state index >= 15 is 0 Å². The van der Waals surface area contributed by atoms with Gasteiger partial charge < -0.3 is 5.73 Å². The second-order valence-corrected chi connectivity index (χ2v) is 3.55. The summed E-state index contributed by atoms with van der Waals surface area (Å²) >= 11 is 1.62. The van der Waals surface area contributed by atoms with E-state index in [1.54, 1.807) is 15.9 Å². The predicted molar refractivity (Wildman–Crippen MR) is 62.6 cm³/mol. The molecule has 0 aliphatic carbocycles. The first-order valence-corrected chi connectivity index (χ1v) is 4.69. The summed E-state index contributed by atoms with van der Waals surface area (Å²) in [4.78, 5) is 5.23. The van der Waals surface area contributed by atoms with Crippen LogP contribution in [0.4, 0.5) is 0 Å². The molecule has 2 aromatic rings. The third-order valence-electron chi connectivity index (χ3n) is 1.65. The first kappa shape index (κ1) is 13.6. The highest BCUT2D eigenvalue weighted by Gasteiger charge is 2.04. The molecule has 2 N–H and O–H groups in total. The van der Waals surface area contributed by atoms with Gasteiger partial charge in [-0.05, 0) is 6.42 Å². The van der Waals surface area contributed by atoms with Gasteiger partial charge in [-0.3, -0.25) is 0 Å². The van der Waals surface area contributed by atoms with Crippen LogP contribution in [0.5, 0.6) is 0 Å². The Morgan fingerprint density at radius 3 is 2.71 bits per heavy atom. The summed E-state index contributed by atoms with van der Waals surface area (Å²) in [6, 6.07) is 0. The normalized spacial score (nSPS) is 9.57. The Hall–Kier alpha value is -0.360. The summed E-state index contributed by atoms with van der Waals surface area (Å²) in [5.41, 5.74) is 6.34. The van der Waals surface area contributed by atoms with Crippen LogP contribution in [0.15, 0.2) is 6.20 Å². The number of halogens is 2. The summed E-state index contributed by atoms with van der Waals surface area (Å²) in [6.07, 6.45) is 2.84. The van der Waals surface area contributed by atoms with Crippen molar-refractivity contribution >= 4 is 41.1 Å². The van der Waals surface area contributed by atoms with Gasteiger partial charge in [0, 0.05) is 6.54 Å². The van der Waals surface area contributed by atoms with Gasteiger partial charge in [-0.15, -0.1) is 24.8 Å². The number of nitrogens with zero attached hydrogens (tertiary/aromatic N) is 3. The van der Waals surface area contributed by atoms with E-state index < -0.39 is 0 Å². The number of aryl methyl sites for hydroxylation is 1. The van der Waals surface area contributed by atoms with Crippen LogP contribution in [-0.2, 0) is 13.0 Å². The van der Waals surface area contributed by atoms with Gasteiger partial charge in [0.25, 0.3) is 0 Å². The molecule has 0 unspecified atom stereocenters. The van der Waals surface area contributed by atoms with Gasteiger partial charge in [-0.25, -0.2) is 9.50 Å². The van der Waals surface area contributed by atoms with E-state index in [1.807, 2.05) is 6.20 Å². The molecule has 2 rings (SSSR count). The molecule has 7 heteroatoms. The molecule has 14 heavy (non-hydrogen) atoms. The van der Waals surface area contributed by atoms with Crippen molar-refractivity contribution in [3.63, 3.8) is 0 Å². The van der Waals surface area contributed by atoms with Crippen molar-refractivity contribution in [3.8, 4) is 0 Å². The maximum absolute atomic E-state index is 5.44. The van der Waals surface area contributed by atoms with E-state index in [9.17, 15) is 0 Å². The molecule has 0 spiro atoms. The lowest BCUT2D eigenvalue weighted by Crippen LogP contribution is -1.95. The third-order valence-corrected chi connectivity index (χ3v) is 2.71. The zero-order valence-electron chi connectivity index (χ0n) is 7.64. The van der Waals surface area contributed by atoms with Crippen LogP contribution >= 0.6 is 36.2 Å². The second kappa shape index (κ2) is 5.50. The number of hydrogen-bond acceptors (Lipinski definition) is 4. The molecule has 0 saturated heterocycles. The Balaban J connectivity index is 0.000000845. The van der Waals surface area contributed by atoms with Crippen molar-refractivity contribution in [1.82, 2.24) is 14.6 Å². The van der Waals surface area contributed by atoms with Gasteiger partial charge in [-0.2, -0.15) is 5.10 Å². The van der Waals surface area contributed by atoms with Gasteiger partial charge >= 0.3 is 0 Å². The molecule has 4 nitrogen and oxygen atoms in total. The van der Waals surface area contributed by atoms with Crippen LogP contribution in [0, 0.1) is 0 Å². The van der Waals surface area contributed by atoms with E-state index in [0.717, 1.165) is 22.1 Å². The molecule has 0 aliphatic heterocycles. The average Bonchev–Trinajstić information content (AvgIpc) is 2.59. The predicted octanol–water partition coefficient (Wildman–Crippen LogP) is 1.66. The summed E-state index contributed by atoms with van der Waals surface area (Å²) in [7, 11) is 0. The first-order chi connectivity index (χ1) is 5.83. The van der Waals surface area contributed by atoms with Crippen molar-refractivity contribution < 1.29 is 0 Å². The number of fused-ring (bicyclic) bond motifs is 1. The molecule has 0 saturated carbocycles. The molecule has 2 aromatic heterocycles. The number of rotatable bonds is 2. The molecule has 0 aromatic carbocycles. The van der Waals surface area contributed by atoms with Gasteiger partial charge in [-0.1, -0.05) is 18.3 Å². The van der Waals surface area contributed by atoms with Crippen LogP contribution in [0.25, 0.3) is 4.96 Å². The molecule has 0 aliphatic rings. The molecule has 2 heterocycles. The highest BCUT2D eigenvalue weighted by molar-refractivity contribution is 7.16. The summed E-state index contributed by atoms with van der Waals surface area (Å²) in [5.74, 6) is 0. The SMILES string of the molecule is CCc1nn2cc(CN)nc2s1.Cl.Cl. The van der Waals surface area contributed by atoms with Crippen LogP contribution in [0.1, 0.15) is 17.6 Å². The van der Waals surface area contributed by atoms with E-state index in [2.05, 4.69) is 17.0 Å². The van der Waals surface area contributed by atoms with E-state index in [1.165, 1.54) is 0 Å². The maximum Gasteiger partial charge on any atom is 0.212 e. The highest BCUT2D eigenvalue weighted by Crippen LogP contribution is 2.14. The molecular formula is C7H12Cl2N4S. The molecular weight excluding hydrogens is 243 g/mol. The lowest BCUT2D eigenvalue weighted by atomic mass is 10.5. The highest BCUT2D eigenvalue weighted by atomic mass is 35.5. The first-order valence-electron chi connectivity index (χ1n) is 3.87. The molecule has 0 atom stereocenters. The van der Waals surface area contributed by atoms with E-state index in [0.29, 0.717) is 6.54 Å². The van der Waals surface area contributed by atoms with E-state index in [4.69, 9.17) is 5.73 Å². The average molecular weight is 255 g/mol. The largest absolute Gasteiger partial charge is 0.325 e. The summed E-state index contributed by atoms with van der Waals surface area (Å²) in [5, 5.41) is 5.43. The van der Waals surface area contributed by atoms with Crippen molar-refractivity contribution in [1.29, 1.82) is 0 Å². The van der Waals surface area contributed by atoms with Crippen molar-refractivity contribution in [3.05, 3.63) is 16.9 Å². The standard InChI is InChI=1S/C7H10N4S.2ClH/c1-2-6-10-11-4-5(3-8)9-7(11)12-6;;/h4H,2-3,8H2,1H3;2*1H. The van der Waals surface area contributed by atoms with Gasteiger partial charge in [0.1, 0.15) is 5.01 Å². The minimum Gasteiger partial charge on any atom is -0.325 e. The summed E-state index contributed by atoms with van der Waals surface area (Å²) < 4.78 is 1.80. The van der Waals surface area contributed by atoms with Crippen LogP contribution in [0.2, 0.25) is 0 Å². The Kier molecular flexibility index (Phi) is 5.36. The second-order valence-electron chi connectivity index (χ2n) is 2.51. The van der Waals surface area contributed by atoms with Crippen molar-refractivity contribution in [2.24, 2.45) is 5.73 Å². The number of imidazole rings is 1.